The van der Waals surface area contributed by atoms with Gasteiger partial charge in [0.1, 0.15) is 15.8 Å². The van der Waals surface area contributed by atoms with E-state index in [1.165, 1.54) is 12.3 Å². The number of pyridine rings is 1. The predicted octanol–water partition coefficient (Wildman–Crippen LogP) is 0.758. The molecule has 0 bridgehead atoms. The van der Waals surface area contributed by atoms with Crippen molar-refractivity contribution in [2.24, 2.45) is 0 Å². The number of rotatable bonds is 4. The molecule has 1 heterocycles. The van der Waals surface area contributed by atoms with Crippen LogP contribution in [0.2, 0.25) is 0 Å². The summed E-state index contributed by atoms with van der Waals surface area (Å²) in [6.07, 6.45) is -2.62. The molecule has 0 fully saturated rings. The normalized spacial score (nSPS) is 11.8. The largest absolute Gasteiger partial charge is 1.00 e. The molecular formula is C15H9F4N2NaO3S. The summed E-state index contributed by atoms with van der Waals surface area (Å²) in [5.41, 5.74) is -2.43. The van der Waals surface area contributed by atoms with Gasteiger partial charge < -0.3 is 9.52 Å². The first kappa shape index (κ1) is 22.3. The molecule has 0 aliphatic carbocycles. The van der Waals surface area contributed by atoms with E-state index in [1.54, 1.807) is 12.1 Å². The van der Waals surface area contributed by atoms with E-state index < -0.39 is 39.1 Å². The van der Waals surface area contributed by atoms with Gasteiger partial charge in [-0.2, -0.15) is 13.2 Å². The number of carbonyl (C=O) groups excluding carboxylic acids is 1. The van der Waals surface area contributed by atoms with Crippen molar-refractivity contribution in [2.45, 2.75) is 6.18 Å². The average Bonchev–Trinajstić information content (AvgIpc) is 2.52. The summed E-state index contributed by atoms with van der Waals surface area (Å²) >= 11 is 0. The standard InChI is InChI=1S/C15H10F4N2O3S.Na/c16-10-4-5-12(13(9-10)15(17,18)19)14(22)21-25(23,24)8-6-11-3-1-2-7-20-11;/h1-9H,(H,21,22);/q;+1/p-1/b8-6+;. The number of benzene rings is 1. The molecule has 5 nitrogen and oxygen atoms in total. The maximum absolute atomic E-state index is 13.0. The minimum atomic E-state index is -5.05. The Labute approximate surface area is 168 Å². The molecule has 26 heavy (non-hydrogen) atoms. The second kappa shape index (κ2) is 8.76. The topological polar surface area (TPSA) is 78.2 Å². The number of sulfonamides is 1. The predicted molar refractivity (Wildman–Crippen MR) is 81.3 cm³/mol. The van der Waals surface area contributed by atoms with Crippen molar-refractivity contribution < 1.29 is 60.3 Å². The van der Waals surface area contributed by atoms with Crippen molar-refractivity contribution in [1.29, 1.82) is 0 Å². The maximum atomic E-state index is 13.0. The van der Waals surface area contributed by atoms with Crippen molar-refractivity contribution in [2.75, 3.05) is 0 Å². The van der Waals surface area contributed by atoms with Gasteiger partial charge in [0.15, 0.2) is 0 Å². The van der Waals surface area contributed by atoms with Gasteiger partial charge in [0.2, 0.25) is 0 Å². The molecule has 0 saturated heterocycles. The molecule has 0 N–H and O–H groups in total. The Morgan fingerprint density at radius 1 is 1.15 bits per heavy atom. The Morgan fingerprint density at radius 3 is 2.42 bits per heavy atom. The smallest absolute Gasteiger partial charge is 0.538 e. The molecule has 0 spiro atoms. The second-order valence-electron chi connectivity index (χ2n) is 4.66. The number of hydrogen-bond acceptors (Lipinski definition) is 4. The molecule has 2 aromatic rings. The Morgan fingerprint density at radius 2 is 1.85 bits per heavy atom. The van der Waals surface area contributed by atoms with Gasteiger partial charge in [-0.3, -0.25) is 4.98 Å². The molecule has 132 valence electrons. The third-order valence-corrected chi connectivity index (χ3v) is 3.73. The molecule has 0 aliphatic heterocycles. The van der Waals surface area contributed by atoms with Crippen LogP contribution >= 0.6 is 0 Å². The summed E-state index contributed by atoms with van der Waals surface area (Å²) in [7, 11) is -4.51. The van der Waals surface area contributed by atoms with Crippen LogP contribution in [0.1, 0.15) is 21.6 Å². The molecular weight excluding hydrogens is 387 g/mol. The Balaban J connectivity index is 0.00000338. The molecule has 0 atom stereocenters. The summed E-state index contributed by atoms with van der Waals surface area (Å²) in [5, 5.41) is 0.532. The number of alkyl halides is 3. The van der Waals surface area contributed by atoms with Gasteiger partial charge in [-0.15, -0.1) is 0 Å². The van der Waals surface area contributed by atoms with Gasteiger partial charge in [0.25, 0.3) is 0 Å². The SMILES string of the molecule is O=C([N-]S(=O)(=O)/C=C/c1ccccn1)c1ccc(F)cc1C(F)(F)F.[Na+]. The summed E-state index contributed by atoms with van der Waals surface area (Å²) in [4.78, 5) is 15.6. The molecule has 0 unspecified atom stereocenters. The first-order valence-corrected chi connectivity index (χ1v) is 8.07. The fraction of sp³-hybridized carbons (Fsp3) is 0.0667. The number of nitrogens with zero attached hydrogens (tertiary/aromatic N) is 2. The third kappa shape index (κ3) is 6.20. The molecule has 1 amide bonds. The maximum Gasteiger partial charge on any atom is 1.00 e. The fourth-order valence-corrected chi connectivity index (χ4v) is 2.46. The van der Waals surface area contributed by atoms with E-state index in [0.29, 0.717) is 17.5 Å². The van der Waals surface area contributed by atoms with Crippen LogP contribution in [0.15, 0.2) is 48.0 Å². The average molecular weight is 396 g/mol. The quantitative estimate of drug-likeness (QED) is 0.565. The van der Waals surface area contributed by atoms with E-state index in [-0.39, 0.29) is 41.3 Å². The number of carbonyl (C=O) groups is 1. The minimum absolute atomic E-state index is 0. The van der Waals surface area contributed by atoms with Crippen LogP contribution in [0.4, 0.5) is 17.6 Å². The van der Waals surface area contributed by atoms with Crippen molar-refractivity contribution >= 4 is 22.0 Å². The van der Waals surface area contributed by atoms with E-state index >= 15 is 0 Å². The van der Waals surface area contributed by atoms with Gasteiger partial charge in [0.05, 0.1) is 17.2 Å². The molecule has 0 aliphatic rings. The van der Waals surface area contributed by atoms with Gasteiger partial charge >= 0.3 is 35.7 Å². The molecule has 2 rings (SSSR count). The summed E-state index contributed by atoms with van der Waals surface area (Å²) in [5.74, 6) is -2.88. The third-order valence-electron chi connectivity index (χ3n) is 2.83. The van der Waals surface area contributed by atoms with E-state index in [0.717, 1.165) is 6.08 Å². The number of hydrogen-bond donors (Lipinski definition) is 0. The zero-order valence-corrected chi connectivity index (χ0v) is 16.1. The zero-order valence-electron chi connectivity index (χ0n) is 13.2. The van der Waals surface area contributed by atoms with Crippen molar-refractivity contribution in [3.8, 4) is 0 Å². The van der Waals surface area contributed by atoms with Crippen LogP contribution in [0.3, 0.4) is 0 Å². The van der Waals surface area contributed by atoms with Crippen LogP contribution < -0.4 is 29.6 Å². The van der Waals surface area contributed by atoms with E-state index in [4.69, 9.17) is 0 Å². The zero-order chi connectivity index (χ0) is 18.7. The monoisotopic (exact) mass is 396 g/mol. The second-order valence-corrected chi connectivity index (χ2v) is 6.14. The molecule has 0 saturated carbocycles. The van der Waals surface area contributed by atoms with Crippen molar-refractivity contribution in [3.05, 3.63) is 75.4 Å². The first-order valence-electron chi connectivity index (χ1n) is 6.57. The Kier molecular flexibility index (Phi) is 7.51. The van der Waals surface area contributed by atoms with Crippen LogP contribution in [0.5, 0.6) is 0 Å². The Hall–Kier alpha value is -1.75. The van der Waals surface area contributed by atoms with Crippen LogP contribution in [-0.2, 0) is 16.2 Å². The molecule has 11 heteroatoms. The van der Waals surface area contributed by atoms with E-state index in [9.17, 15) is 30.8 Å². The number of amides is 1. The molecule has 0 radical (unpaired) electrons. The first-order chi connectivity index (χ1) is 11.6. The molecule has 1 aromatic carbocycles. The van der Waals surface area contributed by atoms with Gasteiger partial charge in [-0.25, -0.2) is 12.8 Å². The summed E-state index contributed by atoms with van der Waals surface area (Å²) in [6.45, 7) is 0. The van der Waals surface area contributed by atoms with Gasteiger partial charge in [-0.05, 0) is 36.4 Å². The number of aromatic nitrogens is 1. The fourth-order valence-electron chi connectivity index (χ4n) is 1.76. The van der Waals surface area contributed by atoms with Crippen molar-refractivity contribution in [3.63, 3.8) is 0 Å². The van der Waals surface area contributed by atoms with Crippen LogP contribution in [0.25, 0.3) is 10.8 Å². The molecule has 1 aromatic heterocycles. The summed E-state index contributed by atoms with van der Waals surface area (Å²) < 4.78 is 77.9. The van der Waals surface area contributed by atoms with Crippen molar-refractivity contribution in [1.82, 2.24) is 4.98 Å². The van der Waals surface area contributed by atoms with Crippen LogP contribution in [0, 0.1) is 5.82 Å². The Bertz CT molecular complexity index is 916. The van der Waals surface area contributed by atoms with E-state index in [2.05, 4.69) is 9.71 Å². The van der Waals surface area contributed by atoms with Gasteiger partial charge in [-0.1, -0.05) is 6.07 Å². The van der Waals surface area contributed by atoms with Crippen LogP contribution in [-0.4, -0.2) is 19.3 Å². The minimum Gasteiger partial charge on any atom is -0.538 e. The number of halogens is 4. The summed E-state index contributed by atoms with van der Waals surface area (Å²) in [6, 6.07) is 5.87. The van der Waals surface area contributed by atoms with E-state index in [1.807, 2.05) is 0 Å². The van der Waals surface area contributed by atoms with Gasteiger partial charge in [0, 0.05) is 17.2 Å².